The molecule has 0 aliphatic rings. The molecular weight excluding hydrogens is 368 g/mol. The lowest BCUT2D eigenvalue weighted by molar-refractivity contribution is -0.0935. The van der Waals surface area contributed by atoms with Crippen molar-refractivity contribution in [2.75, 3.05) is 0 Å². The maximum Gasteiger partial charge on any atom is 0.508 e. The maximum atomic E-state index is 10.1. The van der Waals surface area contributed by atoms with Crippen molar-refractivity contribution in [3.63, 3.8) is 0 Å². The van der Waals surface area contributed by atoms with Gasteiger partial charge in [-0.2, -0.15) is 0 Å². The second-order valence-corrected chi connectivity index (χ2v) is 6.32. The zero-order valence-corrected chi connectivity index (χ0v) is 15.5. The SMILES string of the molecule is CCCC=C(S)S.O=C(O)OC(CCC=C(S)S)OC(=O)O. The molecule has 0 aliphatic heterocycles. The van der Waals surface area contributed by atoms with Gasteiger partial charge in [0.25, 0.3) is 6.29 Å². The van der Waals surface area contributed by atoms with E-state index >= 15 is 0 Å². The van der Waals surface area contributed by atoms with Gasteiger partial charge in [-0.15, -0.1) is 50.5 Å². The highest BCUT2D eigenvalue weighted by Crippen LogP contribution is 2.11. The number of rotatable bonds is 7. The van der Waals surface area contributed by atoms with E-state index in [9.17, 15) is 9.59 Å². The molecule has 0 spiro atoms. The zero-order valence-electron chi connectivity index (χ0n) is 11.9. The molecule has 0 atom stereocenters. The highest BCUT2D eigenvalue weighted by Gasteiger charge is 2.17. The predicted octanol–water partition coefficient (Wildman–Crippen LogP) is 4.67. The molecule has 0 unspecified atom stereocenters. The van der Waals surface area contributed by atoms with E-state index in [1.165, 1.54) is 6.42 Å². The number of thiol groups is 4. The Bertz CT molecular complexity index is 373. The Hall–Kier alpha value is -0.580. The van der Waals surface area contributed by atoms with Gasteiger partial charge in [-0.3, -0.25) is 0 Å². The van der Waals surface area contributed by atoms with Crippen molar-refractivity contribution in [3.8, 4) is 0 Å². The smallest absolute Gasteiger partial charge is 0.450 e. The fraction of sp³-hybridized carbons (Fsp3) is 0.500. The molecule has 0 aliphatic carbocycles. The molecule has 0 rings (SSSR count). The number of carboxylic acid groups (broad SMARTS) is 2. The van der Waals surface area contributed by atoms with Crippen LogP contribution in [0.25, 0.3) is 0 Å². The molecular formula is C12H20O6S4. The van der Waals surface area contributed by atoms with Crippen LogP contribution in [0.5, 0.6) is 0 Å². The summed E-state index contributed by atoms with van der Waals surface area (Å²) in [4.78, 5) is 20.3. The van der Waals surface area contributed by atoms with E-state index in [0.717, 1.165) is 10.7 Å². The predicted molar refractivity (Wildman–Crippen MR) is 98.3 cm³/mol. The van der Waals surface area contributed by atoms with Gasteiger partial charge in [0.05, 0.1) is 0 Å². The summed E-state index contributed by atoms with van der Waals surface area (Å²) < 4.78 is 9.62. The largest absolute Gasteiger partial charge is 0.508 e. The number of hydrogen-bond donors (Lipinski definition) is 6. The highest BCUT2D eigenvalue weighted by molar-refractivity contribution is 8.05. The van der Waals surface area contributed by atoms with Gasteiger partial charge < -0.3 is 19.7 Å². The molecule has 0 aromatic rings. The first-order valence-electron chi connectivity index (χ1n) is 6.14. The van der Waals surface area contributed by atoms with Crippen LogP contribution in [0.4, 0.5) is 9.59 Å². The van der Waals surface area contributed by atoms with Gasteiger partial charge in [0, 0.05) is 14.9 Å². The summed E-state index contributed by atoms with van der Waals surface area (Å²) in [5.74, 6) is 0. The van der Waals surface area contributed by atoms with Crippen LogP contribution < -0.4 is 0 Å². The van der Waals surface area contributed by atoms with E-state index in [-0.39, 0.29) is 6.42 Å². The van der Waals surface area contributed by atoms with Crippen LogP contribution in [0.1, 0.15) is 32.6 Å². The standard InChI is InChI=1S/C7H10O6S2.C5H10S2/c8-6(9)12-4(13-7(10)11)2-1-3-5(14)15;1-2-3-4-5(6)7/h3-4,14-15H,1-2H2,(H,8,9)(H,10,11);4,6-7H,2-3H2,1H3. The highest BCUT2D eigenvalue weighted by atomic mass is 32.2. The minimum absolute atomic E-state index is 0.0726. The Labute approximate surface area is 151 Å². The Balaban J connectivity index is 0. The summed E-state index contributed by atoms with van der Waals surface area (Å²) in [7, 11) is 0. The van der Waals surface area contributed by atoms with Gasteiger partial charge in [0.15, 0.2) is 0 Å². The lowest BCUT2D eigenvalue weighted by Gasteiger charge is -2.13. The molecule has 0 saturated heterocycles. The normalized spacial score (nSPS) is 9.18. The number of hydrogen-bond acceptors (Lipinski definition) is 8. The summed E-state index contributed by atoms with van der Waals surface area (Å²) in [6, 6.07) is 0. The van der Waals surface area contributed by atoms with Crippen molar-refractivity contribution >= 4 is 62.8 Å². The van der Waals surface area contributed by atoms with E-state index in [1.807, 2.05) is 6.08 Å². The summed E-state index contributed by atoms with van der Waals surface area (Å²) in [5, 5.41) is 16.5. The van der Waals surface area contributed by atoms with Crippen molar-refractivity contribution in [2.45, 2.75) is 38.9 Å². The Morgan fingerprint density at radius 1 is 0.955 bits per heavy atom. The number of ether oxygens (including phenoxy) is 2. The third-order valence-electron chi connectivity index (χ3n) is 1.81. The summed E-state index contributed by atoms with van der Waals surface area (Å²) in [6.07, 6.45) is 1.70. The molecule has 0 heterocycles. The van der Waals surface area contributed by atoms with Crippen molar-refractivity contribution in [2.24, 2.45) is 0 Å². The van der Waals surface area contributed by atoms with Gasteiger partial charge in [-0.25, -0.2) is 9.59 Å². The summed E-state index contributed by atoms with van der Waals surface area (Å²) in [6.45, 7) is 2.13. The lowest BCUT2D eigenvalue weighted by atomic mass is 10.3. The zero-order chi connectivity index (χ0) is 17.5. The molecule has 0 radical (unpaired) electrons. The summed E-state index contributed by atoms with van der Waals surface area (Å²) in [5.41, 5.74) is 0. The van der Waals surface area contributed by atoms with E-state index in [2.05, 4.69) is 66.9 Å². The molecule has 10 heteroatoms. The van der Waals surface area contributed by atoms with Gasteiger partial charge in [-0.1, -0.05) is 25.5 Å². The van der Waals surface area contributed by atoms with E-state index in [4.69, 9.17) is 10.2 Å². The quantitative estimate of drug-likeness (QED) is 0.216. The molecule has 0 bridgehead atoms. The first kappa shape index (κ1) is 23.7. The second kappa shape index (κ2) is 15.3. The average Bonchev–Trinajstić information content (AvgIpc) is 2.35. The van der Waals surface area contributed by atoms with Gasteiger partial charge in [0.1, 0.15) is 0 Å². The van der Waals surface area contributed by atoms with Crippen molar-refractivity contribution < 1.29 is 29.3 Å². The van der Waals surface area contributed by atoms with Crippen LogP contribution in [0.3, 0.4) is 0 Å². The minimum Gasteiger partial charge on any atom is -0.450 e. The van der Waals surface area contributed by atoms with Crippen LogP contribution in [0.2, 0.25) is 0 Å². The van der Waals surface area contributed by atoms with Crippen molar-refractivity contribution in [1.82, 2.24) is 0 Å². The first-order chi connectivity index (χ1) is 10.2. The number of unbranched alkanes of at least 4 members (excludes halogenated alkanes) is 1. The summed E-state index contributed by atoms with van der Waals surface area (Å²) >= 11 is 15.6. The van der Waals surface area contributed by atoms with Crippen LogP contribution in [0, 0.1) is 0 Å². The third-order valence-corrected chi connectivity index (χ3v) is 2.54. The monoisotopic (exact) mass is 388 g/mol. The van der Waals surface area contributed by atoms with Crippen LogP contribution in [-0.4, -0.2) is 28.8 Å². The number of carbonyl (C=O) groups is 2. The van der Waals surface area contributed by atoms with E-state index in [0.29, 0.717) is 10.7 Å². The van der Waals surface area contributed by atoms with E-state index in [1.54, 1.807) is 6.08 Å². The van der Waals surface area contributed by atoms with Crippen LogP contribution in [-0.2, 0) is 9.47 Å². The van der Waals surface area contributed by atoms with Crippen molar-refractivity contribution in [1.29, 1.82) is 0 Å². The molecule has 22 heavy (non-hydrogen) atoms. The van der Waals surface area contributed by atoms with Gasteiger partial charge >= 0.3 is 12.3 Å². The van der Waals surface area contributed by atoms with E-state index < -0.39 is 18.6 Å². The Morgan fingerprint density at radius 3 is 1.64 bits per heavy atom. The molecule has 0 aromatic heterocycles. The third kappa shape index (κ3) is 21.7. The Morgan fingerprint density at radius 2 is 1.36 bits per heavy atom. The Kier molecular flexibility index (Phi) is 16.5. The molecule has 2 N–H and O–H groups in total. The topological polar surface area (TPSA) is 93.1 Å². The van der Waals surface area contributed by atoms with Crippen LogP contribution in [0.15, 0.2) is 20.6 Å². The fourth-order valence-electron chi connectivity index (χ4n) is 0.989. The van der Waals surface area contributed by atoms with Crippen molar-refractivity contribution in [3.05, 3.63) is 20.6 Å². The van der Waals surface area contributed by atoms with Crippen LogP contribution >= 0.6 is 50.5 Å². The number of allylic oxidation sites excluding steroid dienone is 2. The molecule has 128 valence electrons. The molecule has 0 amide bonds. The minimum atomic E-state index is -1.60. The molecule has 6 nitrogen and oxygen atoms in total. The van der Waals surface area contributed by atoms with Gasteiger partial charge in [-0.05, 0) is 12.8 Å². The average molecular weight is 389 g/mol. The van der Waals surface area contributed by atoms with Gasteiger partial charge in [0.2, 0.25) is 0 Å². The second-order valence-electron chi connectivity index (χ2n) is 3.69. The maximum absolute atomic E-state index is 10.1. The first-order valence-corrected chi connectivity index (χ1v) is 7.93. The molecule has 0 saturated carbocycles. The fourth-order valence-corrected chi connectivity index (χ4v) is 1.51. The molecule has 0 aromatic carbocycles. The lowest BCUT2D eigenvalue weighted by Crippen LogP contribution is -2.22. The molecule has 0 fully saturated rings.